The van der Waals surface area contributed by atoms with Gasteiger partial charge in [-0.25, -0.2) is 0 Å². The maximum absolute atomic E-state index is 12.7. The number of hydrogen-bond acceptors (Lipinski definition) is 1. The molecule has 0 saturated carbocycles. The quantitative estimate of drug-likeness (QED) is 0.455. The van der Waals surface area contributed by atoms with Crippen LogP contribution >= 0.6 is 0 Å². The summed E-state index contributed by atoms with van der Waals surface area (Å²) >= 11 is -2.10. The summed E-state index contributed by atoms with van der Waals surface area (Å²) in [7, 11) is 0. The maximum atomic E-state index is 12.7. The van der Waals surface area contributed by atoms with Gasteiger partial charge in [-0.3, -0.25) is 0 Å². The first-order valence-electron chi connectivity index (χ1n) is 5.89. The molecule has 1 atom stereocenters. The van der Waals surface area contributed by atoms with Crippen LogP contribution in [-0.4, -0.2) is 13.8 Å². The first kappa shape index (κ1) is 10.2. The van der Waals surface area contributed by atoms with E-state index in [1.165, 1.54) is 5.39 Å². The van der Waals surface area contributed by atoms with Crippen LogP contribution in [0.1, 0.15) is 0 Å². The van der Waals surface area contributed by atoms with Gasteiger partial charge in [0.1, 0.15) is 0 Å². The van der Waals surface area contributed by atoms with Crippen molar-refractivity contribution in [2.24, 2.45) is 0 Å². The third-order valence-electron chi connectivity index (χ3n) is 3.44. The molecule has 0 saturated heterocycles. The SMILES string of the molecule is O=[Se]1c2ccccc2-c2ccc3ccccc3c21. The van der Waals surface area contributed by atoms with E-state index in [1.54, 1.807) is 0 Å². The molecule has 1 aliphatic rings. The van der Waals surface area contributed by atoms with Crippen molar-refractivity contribution in [3.8, 4) is 11.1 Å². The van der Waals surface area contributed by atoms with Gasteiger partial charge in [0.2, 0.25) is 0 Å². The first-order chi connectivity index (χ1) is 8.86. The molecule has 1 aliphatic heterocycles. The van der Waals surface area contributed by atoms with Crippen LogP contribution < -0.4 is 8.92 Å². The number of fused-ring (bicyclic) bond motifs is 5. The Morgan fingerprint density at radius 3 is 2.44 bits per heavy atom. The monoisotopic (exact) mass is 298 g/mol. The molecule has 2 heteroatoms. The molecule has 1 unspecified atom stereocenters. The van der Waals surface area contributed by atoms with E-state index in [0.717, 1.165) is 25.4 Å². The molecule has 86 valence electrons. The van der Waals surface area contributed by atoms with E-state index >= 15 is 0 Å². The molecule has 0 N–H and O–H groups in total. The fourth-order valence-corrected chi connectivity index (χ4v) is 5.90. The van der Waals surface area contributed by atoms with Gasteiger partial charge < -0.3 is 0 Å². The summed E-state index contributed by atoms with van der Waals surface area (Å²) in [4.78, 5) is 0. The minimum atomic E-state index is -2.10. The van der Waals surface area contributed by atoms with Crippen LogP contribution in [0.25, 0.3) is 21.9 Å². The Labute approximate surface area is 109 Å². The summed E-state index contributed by atoms with van der Waals surface area (Å²) in [6.45, 7) is 0. The molecular formula is C16H10OSe. The van der Waals surface area contributed by atoms with Crippen molar-refractivity contribution >= 4 is 33.5 Å². The first-order valence-corrected chi connectivity index (χ1v) is 8.30. The van der Waals surface area contributed by atoms with Crippen LogP contribution in [0.5, 0.6) is 0 Å². The number of rotatable bonds is 0. The Bertz CT molecular complexity index is 805. The van der Waals surface area contributed by atoms with Crippen molar-refractivity contribution in [3.63, 3.8) is 0 Å². The van der Waals surface area contributed by atoms with Crippen molar-refractivity contribution in [3.05, 3.63) is 60.7 Å². The molecule has 0 bridgehead atoms. The van der Waals surface area contributed by atoms with Gasteiger partial charge in [-0.1, -0.05) is 0 Å². The summed E-state index contributed by atoms with van der Waals surface area (Å²) in [5, 5.41) is 2.32. The Hall–Kier alpha value is -1.76. The second-order valence-electron chi connectivity index (χ2n) is 4.43. The predicted octanol–water partition coefficient (Wildman–Crippen LogP) is 2.36. The standard InChI is InChI=1S/C16H10OSe/c17-18-15-8-4-3-7-13(15)14-10-9-11-5-1-2-6-12(11)16(14)18/h1-10H. The van der Waals surface area contributed by atoms with Crippen LogP contribution in [0.2, 0.25) is 0 Å². The molecule has 1 heterocycles. The molecule has 0 radical (unpaired) electrons. The van der Waals surface area contributed by atoms with E-state index in [-0.39, 0.29) is 0 Å². The van der Waals surface area contributed by atoms with Crippen molar-refractivity contribution < 1.29 is 3.83 Å². The Balaban J connectivity index is 2.18. The fourth-order valence-electron chi connectivity index (χ4n) is 2.62. The van der Waals surface area contributed by atoms with Gasteiger partial charge in [-0.15, -0.1) is 0 Å². The van der Waals surface area contributed by atoms with Crippen molar-refractivity contribution in [2.75, 3.05) is 0 Å². The average molecular weight is 297 g/mol. The van der Waals surface area contributed by atoms with Gasteiger partial charge in [0.25, 0.3) is 0 Å². The topological polar surface area (TPSA) is 17.1 Å². The number of benzene rings is 3. The van der Waals surface area contributed by atoms with Gasteiger partial charge in [0.05, 0.1) is 0 Å². The summed E-state index contributed by atoms with van der Waals surface area (Å²) in [6.07, 6.45) is 0. The molecule has 4 rings (SSSR count). The third kappa shape index (κ3) is 1.22. The van der Waals surface area contributed by atoms with Gasteiger partial charge in [-0.05, 0) is 0 Å². The molecule has 0 aliphatic carbocycles. The van der Waals surface area contributed by atoms with Crippen LogP contribution in [-0.2, 0) is 3.83 Å². The predicted molar refractivity (Wildman–Crippen MR) is 75.1 cm³/mol. The zero-order valence-electron chi connectivity index (χ0n) is 9.59. The molecule has 0 spiro atoms. The van der Waals surface area contributed by atoms with Crippen molar-refractivity contribution in [2.45, 2.75) is 0 Å². The second-order valence-corrected chi connectivity index (χ2v) is 7.34. The zero-order valence-corrected chi connectivity index (χ0v) is 11.3. The Kier molecular flexibility index (Phi) is 2.05. The summed E-state index contributed by atoms with van der Waals surface area (Å²) in [6, 6.07) is 20.5. The van der Waals surface area contributed by atoms with E-state index in [1.807, 2.05) is 30.3 Å². The zero-order chi connectivity index (χ0) is 12.1. The molecular weight excluding hydrogens is 287 g/mol. The van der Waals surface area contributed by atoms with Crippen LogP contribution in [0.3, 0.4) is 0 Å². The van der Waals surface area contributed by atoms with Gasteiger partial charge >= 0.3 is 109 Å². The summed E-state index contributed by atoms with van der Waals surface area (Å²) in [5.74, 6) is 0. The minimum absolute atomic E-state index is 1.03. The normalized spacial score (nSPS) is 16.6. The molecule has 0 aromatic heterocycles. The number of hydrogen-bond donors (Lipinski definition) is 0. The van der Waals surface area contributed by atoms with E-state index in [0.29, 0.717) is 0 Å². The molecule has 0 amide bonds. The molecule has 0 fully saturated rings. The third-order valence-corrected chi connectivity index (χ3v) is 6.73. The van der Waals surface area contributed by atoms with Crippen LogP contribution in [0.15, 0.2) is 60.7 Å². The van der Waals surface area contributed by atoms with Gasteiger partial charge in [-0.2, -0.15) is 0 Å². The fraction of sp³-hybridized carbons (Fsp3) is 0. The van der Waals surface area contributed by atoms with Gasteiger partial charge in [0, 0.05) is 0 Å². The Morgan fingerprint density at radius 2 is 1.50 bits per heavy atom. The van der Waals surface area contributed by atoms with Gasteiger partial charge in [0.15, 0.2) is 0 Å². The average Bonchev–Trinajstić information content (AvgIpc) is 2.73. The van der Waals surface area contributed by atoms with E-state index in [9.17, 15) is 3.83 Å². The van der Waals surface area contributed by atoms with Crippen LogP contribution in [0, 0.1) is 0 Å². The van der Waals surface area contributed by atoms with Crippen molar-refractivity contribution in [1.29, 1.82) is 0 Å². The molecule has 18 heavy (non-hydrogen) atoms. The molecule has 3 aromatic carbocycles. The van der Waals surface area contributed by atoms with Crippen LogP contribution in [0.4, 0.5) is 0 Å². The van der Waals surface area contributed by atoms with Crippen molar-refractivity contribution in [1.82, 2.24) is 0 Å². The van der Waals surface area contributed by atoms with E-state index in [2.05, 4.69) is 30.3 Å². The summed E-state index contributed by atoms with van der Waals surface area (Å²) in [5.41, 5.74) is 2.31. The summed E-state index contributed by atoms with van der Waals surface area (Å²) < 4.78 is 14.8. The van der Waals surface area contributed by atoms with E-state index in [4.69, 9.17) is 0 Å². The molecule has 1 nitrogen and oxygen atoms in total. The molecule has 3 aromatic rings. The second kappa shape index (κ2) is 3.61. The van der Waals surface area contributed by atoms with E-state index < -0.39 is 13.8 Å². The Morgan fingerprint density at radius 1 is 0.722 bits per heavy atom.